The molecule has 0 aliphatic carbocycles. The minimum Gasteiger partial charge on any atom is -0.370 e. The van der Waals surface area contributed by atoms with Gasteiger partial charge in [-0.2, -0.15) is 0 Å². The lowest BCUT2D eigenvalue weighted by atomic mass is 10.2. The molecule has 1 aliphatic rings. The Labute approximate surface area is 134 Å². The van der Waals surface area contributed by atoms with E-state index in [0.29, 0.717) is 5.96 Å². The predicted molar refractivity (Wildman–Crippen MR) is 90.9 cm³/mol. The van der Waals surface area contributed by atoms with Crippen molar-refractivity contribution in [3.8, 4) is 0 Å². The quantitative estimate of drug-likeness (QED) is 0.440. The van der Waals surface area contributed by atoms with E-state index in [2.05, 4.69) is 9.89 Å². The number of nitrogens with two attached hydrogens (primary N) is 1. The maximum atomic E-state index is 11.6. The van der Waals surface area contributed by atoms with Gasteiger partial charge in [0.1, 0.15) is 0 Å². The largest absolute Gasteiger partial charge is 0.370 e. The second-order valence-corrected chi connectivity index (χ2v) is 7.73. The average molecular weight is 403 g/mol. The van der Waals surface area contributed by atoms with Gasteiger partial charge < -0.3 is 10.6 Å². The summed E-state index contributed by atoms with van der Waals surface area (Å²) in [4.78, 5) is 6.26. The van der Waals surface area contributed by atoms with E-state index in [1.54, 1.807) is 13.8 Å². The number of nitrogens with zero attached hydrogens (tertiary/aromatic N) is 2. The first kappa shape index (κ1) is 18.9. The highest BCUT2D eigenvalue weighted by atomic mass is 127. The first-order valence-electron chi connectivity index (χ1n) is 6.70. The van der Waals surface area contributed by atoms with Crippen molar-refractivity contribution in [3.63, 3.8) is 0 Å². The van der Waals surface area contributed by atoms with Gasteiger partial charge in [0.15, 0.2) is 15.8 Å². The maximum absolute atomic E-state index is 11.6. The third kappa shape index (κ3) is 6.78. The number of sulfone groups is 1. The summed E-state index contributed by atoms with van der Waals surface area (Å²) in [5.74, 6) is 0.579. The molecule has 0 atom stereocenters. The van der Waals surface area contributed by atoms with Crippen LogP contribution in [0.4, 0.5) is 0 Å². The Kier molecular flexibility index (Phi) is 8.97. The van der Waals surface area contributed by atoms with Gasteiger partial charge >= 0.3 is 0 Å². The predicted octanol–water partition coefficient (Wildman–Crippen LogP) is 1.62. The highest BCUT2D eigenvalue weighted by molar-refractivity contribution is 14.0. The standard InChI is InChI=1S/C12H25N3O2S.HI/c1-11(2)18(16,17)10-7-14-12(13)15-8-5-3-4-6-9-15;/h11H,3-10H2,1-2H3,(H2,13,14);1H. The molecule has 0 amide bonds. The number of hydrogen-bond donors (Lipinski definition) is 1. The third-order valence-corrected chi connectivity index (χ3v) is 5.49. The second kappa shape index (κ2) is 8.99. The first-order chi connectivity index (χ1) is 8.43. The molecule has 1 rings (SSSR count). The Morgan fingerprint density at radius 3 is 2.21 bits per heavy atom. The monoisotopic (exact) mass is 403 g/mol. The molecule has 7 heteroatoms. The Bertz CT molecular complexity index is 374. The molecule has 1 fully saturated rings. The van der Waals surface area contributed by atoms with Crippen LogP contribution in [0.15, 0.2) is 4.99 Å². The fraction of sp³-hybridized carbons (Fsp3) is 0.917. The summed E-state index contributed by atoms with van der Waals surface area (Å²) in [6, 6.07) is 0. The zero-order valence-electron chi connectivity index (χ0n) is 11.8. The van der Waals surface area contributed by atoms with Crippen LogP contribution in [0.5, 0.6) is 0 Å². The van der Waals surface area contributed by atoms with Crippen LogP contribution in [-0.2, 0) is 9.84 Å². The van der Waals surface area contributed by atoms with Gasteiger partial charge in [-0.3, -0.25) is 4.99 Å². The summed E-state index contributed by atoms with van der Waals surface area (Å²) in [5.41, 5.74) is 5.90. The summed E-state index contributed by atoms with van der Waals surface area (Å²) >= 11 is 0. The average Bonchev–Trinajstić information content (AvgIpc) is 2.56. The number of aliphatic imine (C=N–C) groups is 1. The summed E-state index contributed by atoms with van der Waals surface area (Å²) in [6.07, 6.45) is 4.76. The normalized spacial score (nSPS) is 18.1. The van der Waals surface area contributed by atoms with Crippen molar-refractivity contribution >= 4 is 39.8 Å². The molecule has 0 saturated carbocycles. The minimum atomic E-state index is -3.01. The molecule has 2 N–H and O–H groups in total. The van der Waals surface area contributed by atoms with Gasteiger partial charge in [0.05, 0.1) is 17.5 Å². The van der Waals surface area contributed by atoms with Crippen molar-refractivity contribution in [1.82, 2.24) is 4.90 Å². The molecule has 0 aromatic carbocycles. The summed E-state index contributed by atoms with van der Waals surface area (Å²) in [5, 5.41) is -0.341. The van der Waals surface area contributed by atoms with Crippen LogP contribution in [0.1, 0.15) is 39.5 Å². The van der Waals surface area contributed by atoms with Crippen molar-refractivity contribution < 1.29 is 8.42 Å². The number of guanidine groups is 1. The fourth-order valence-corrected chi connectivity index (χ4v) is 2.74. The topological polar surface area (TPSA) is 75.8 Å². The van der Waals surface area contributed by atoms with Crippen LogP contribution in [-0.4, -0.2) is 49.9 Å². The molecular weight excluding hydrogens is 377 g/mol. The van der Waals surface area contributed by atoms with Gasteiger partial charge in [-0.1, -0.05) is 12.8 Å². The zero-order chi connectivity index (χ0) is 13.6. The molecule has 0 bridgehead atoms. The highest BCUT2D eigenvalue weighted by Gasteiger charge is 2.16. The lowest BCUT2D eigenvalue weighted by molar-refractivity contribution is 0.429. The van der Waals surface area contributed by atoms with Crippen LogP contribution in [0.3, 0.4) is 0 Å². The van der Waals surface area contributed by atoms with E-state index in [0.717, 1.165) is 25.9 Å². The first-order valence-corrected chi connectivity index (χ1v) is 8.41. The molecule has 0 aromatic heterocycles. The molecule has 1 aliphatic heterocycles. The van der Waals surface area contributed by atoms with Crippen LogP contribution in [0, 0.1) is 0 Å². The second-order valence-electron chi connectivity index (χ2n) is 5.06. The SMILES string of the molecule is CC(C)S(=O)(=O)CCN=C(N)N1CCCCCC1.I. The highest BCUT2D eigenvalue weighted by Crippen LogP contribution is 2.09. The van der Waals surface area contributed by atoms with Crippen LogP contribution < -0.4 is 5.73 Å². The van der Waals surface area contributed by atoms with E-state index < -0.39 is 9.84 Å². The Morgan fingerprint density at radius 1 is 1.21 bits per heavy atom. The molecular formula is C12H26IN3O2S. The van der Waals surface area contributed by atoms with Crippen molar-refractivity contribution in [2.24, 2.45) is 10.7 Å². The van der Waals surface area contributed by atoms with Gasteiger partial charge in [0, 0.05) is 13.1 Å². The van der Waals surface area contributed by atoms with E-state index in [4.69, 9.17) is 5.73 Å². The number of likely N-dealkylation sites (tertiary alicyclic amines) is 1. The van der Waals surface area contributed by atoms with Gasteiger partial charge in [0.25, 0.3) is 0 Å². The molecule has 114 valence electrons. The Morgan fingerprint density at radius 2 is 1.74 bits per heavy atom. The summed E-state index contributed by atoms with van der Waals surface area (Å²) in [7, 11) is -3.01. The number of rotatable bonds is 4. The minimum absolute atomic E-state index is 0. The van der Waals surface area contributed by atoms with Crippen LogP contribution in [0.25, 0.3) is 0 Å². The molecule has 0 spiro atoms. The van der Waals surface area contributed by atoms with E-state index in [1.165, 1.54) is 12.8 Å². The molecule has 1 heterocycles. The molecule has 1 saturated heterocycles. The smallest absolute Gasteiger partial charge is 0.191 e. The molecule has 19 heavy (non-hydrogen) atoms. The Hall–Kier alpha value is -0.0500. The summed E-state index contributed by atoms with van der Waals surface area (Å²) in [6.45, 7) is 5.52. The van der Waals surface area contributed by atoms with Crippen molar-refractivity contribution in [3.05, 3.63) is 0 Å². The lowest BCUT2D eigenvalue weighted by Gasteiger charge is -2.21. The van der Waals surface area contributed by atoms with E-state index >= 15 is 0 Å². The Balaban J connectivity index is 0.00000324. The van der Waals surface area contributed by atoms with Crippen LogP contribution >= 0.6 is 24.0 Å². The molecule has 0 aromatic rings. The van der Waals surface area contributed by atoms with Crippen molar-refractivity contribution in [2.45, 2.75) is 44.8 Å². The molecule has 0 radical (unpaired) electrons. The van der Waals surface area contributed by atoms with Gasteiger partial charge in [0.2, 0.25) is 0 Å². The third-order valence-electron chi connectivity index (χ3n) is 3.30. The number of hydrogen-bond acceptors (Lipinski definition) is 3. The van der Waals surface area contributed by atoms with Crippen molar-refractivity contribution in [1.29, 1.82) is 0 Å². The molecule has 0 unspecified atom stereocenters. The molecule has 5 nitrogen and oxygen atoms in total. The van der Waals surface area contributed by atoms with Crippen LogP contribution in [0.2, 0.25) is 0 Å². The van der Waals surface area contributed by atoms with Crippen molar-refractivity contribution in [2.75, 3.05) is 25.4 Å². The zero-order valence-corrected chi connectivity index (χ0v) is 15.0. The lowest BCUT2D eigenvalue weighted by Crippen LogP contribution is -2.38. The van der Waals surface area contributed by atoms with Gasteiger partial charge in [-0.05, 0) is 26.7 Å². The van der Waals surface area contributed by atoms with E-state index in [1.807, 2.05) is 0 Å². The fourth-order valence-electron chi connectivity index (χ4n) is 1.92. The van der Waals surface area contributed by atoms with E-state index in [9.17, 15) is 8.42 Å². The maximum Gasteiger partial charge on any atom is 0.191 e. The summed E-state index contributed by atoms with van der Waals surface area (Å²) < 4.78 is 23.2. The van der Waals surface area contributed by atoms with Gasteiger partial charge in [-0.25, -0.2) is 8.42 Å². The van der Waals surface area contributed by atoms with Gasteiger partial charge in [-0.15, -0.1) is 24.0 Å². The number of halogens is 1. The van der Waals surface area contributed by atoms with E-state index in [-0.39, 0.29) is 41.5 Å².